The van der Waals surface area contributed by atoms with Crippen LogP contribution in [0, 0.1) is 0 Å². The molecule has 0 aliphatic carbocycles. The summed E-state index contributed by atoms with van der Waals surface area (Å²) in [4.78, 5) is 0. The number of halogens is 12. The minimum Gasteiger partial charge on any atom is -0.402 e. The quantitative estimate of drug-likeness (QED) is 0.551. The normalized spacial score (nSPS) is 14.3. The van der Waals surface area contributed by atoms with Crippen molar-refractivity contribution < 1.29 is 71.6 Å². The van der Waals surface area contributed by atoms with Crippen LogP contribution in [0.15, 0.2) is 6.07 Å². The molecule has 0 saturated carbocycles. The van der Waals surface area contributed by atoms with Crippen LogP contribution < -0.4 is 24.3 Å². The Morgan fingerprint density at radius 3 is 1.37 bits per heavy atom. The van der Waals surface area contributed by atoms with E-state index in [-0.39, 0.29) is 6.07 Å². The van der Waals surface area contributed by atoms with Crippen molar-refractivity contribution in [3.05, 3.63) is 11.6 Å². The zero-order valence-electron chi connectivity index (χ0n) is 14.3. The molecule has 0 bridgehead atoms. The molecule has 0 spiro atoms. The van der Waals surface area contributed by atoms with Crippen LogP contribution in [0.5, 0.6) is 23.0 Å². The molecule has 0 aliphatic heterocycles. The maximum atomic E-state index is 12.7. The molecule has 1 N–H and O–H groups in total. The molecule has 0 radical (unpaired) electrons. The first kappa shape index (κ1) is 25.6. The molecule has 0 aromatic heterocycles. The van der Waals surface area contributed by atoms with Crippen molar-refractivity contribution in [3.63, 3.8) is 0 Å². The van der Waals surface area contributed by atoms with E-state index in [0.29, 0.717) is 0 Å². The van der Waals surface area contributed by atoms with E-state index < -0.39 is 60.1 Å². The number of nitrogens with one attached hydrogen (secondary N) is 1. The molecule has 5 nitrogen and oxygen atoms in total. The molecule has 0 fully saturated rings. The van der Waals surface area contributed by atoms with Crippen molar-refractivity contribution in [2.45, 2.75) is 38.4 Å². The highest BCUT2D eigenvalue weighted by atomic mass is 19.4. The van der Waals surface area contributed by atoms with Crippen molar-refractivity contribution in [1.82, 2.24) is 5.32 Å². The van der Waals surface area contributed by atoms with E-state index in [0.717, 1.165) is 14.0 Å². The number of ether oxygens (including phenoxy) is 4. The van der Waals surface area contributed by atoms with Crippen LogP contribution >= 0.6 is 0 Å². The van der Waals surface area contributed by atoms with Gasteiger partial charge >= 0.3 is 25.4 Å². The van der Waals surface area contributed by atoms with Crippen LogP contribution in [-0.2, 0) is 0 Å². The van der Waals surface area contributed by atoms with Crippen molar-refractivity contribution in [3.8, 4) is 23.0 Å². The average Bonchev–Trinajstić information content (AvgIpc) is 2.47. The van der Waals surface area contributed by atoms with Gasteiger partial charge in [-0.2, -0.15) is 0 Å². The molecular formula is C13H9F12NO4. The highest BCUT2D eigenvalue weighted by Crippen LogP contribution is 2.53. The van der Waals surface area contributed by atoms with Gasteiger partial charge in [0.1, 0.15) is 0 Å². The van der Waals surface area contributed by atoms with Gasteiger partial charge in [0.25, 0.3) is 0 Å². The largest absolute Gasteiger partial charge is 0.573 e. The maximum Gasteiger partial charge on any atom is 0.573 e. The standard InChI is InChI=1S/C13H9F12NO4/c1-4(26-2)5-3-6(27-10(14,15)16)8(29-12(20,21)22)9(30-13(23,24)25)7(5)28-11(17,18)19/h3-4,26H,1-2H3. The molecule has 0 amide bonds. The number of rotatable bonds is 6. The summed E-state index contributed by atoms with van der Waals surface area (Å²) in [6, 6.07) is -1.56. The molecule has 174 valence electrons. The summed E-state index contributed by atoms with van der Waals surface area (Å²) in [5, 5.41) is 2.17. The van der Waals surface area contributed by atoms with E-state index in [9.17, 15) is 52.7 Å². The number of alkyl halides is 12. The summed E-state index contributed by atoms with van der Waals surface area (Å²) in [7, 11) is 1.02. The van der Waals surface area contributed by atoms with Crippen LogP contribution in [-0.4, -0.2) is 32.5 Å². The van der Waals surface area contributed by atoms with Gasteiger partial charge in [-0.25, -0.2) is 0 Å². The molecule has 1 aromatic rings. The van der Waals surface area contributed by atoms with Gasteiger partial charge in [-0.3, -0.25) is 0 Å². The van der Waals surface area contributed by atoms with Gasteiger partial charge in [0.15, 0.2) is 11.5 Å². The molecular weight excluding hydrogens is 462 g/mol. The van der Waals surface area contributed by atoms with Crippen LogP contribution in [0.3, 0.4) is 0 Å². The van der Waals surface area contributed by atoms with E-state index in [4.69, 9.17) is 0 Å². The van der Waals surface area contributed by atoms with Gasteiger partial charge in [-0.05, 0) is 20.0 Å². The second-order valence-corrected chi connectivity index (χ2v) is 5.15. The van der Waals surface area contributed by atoms with Gasteiger partial charge in [0.2, 0.25) is 11.5 Å². The third kappa shape index (κ3) is 8.11. The highest BCUT2D eigenvalue weighted by molar-refractivity contribution is 5.64. The highest BCUT2D eigenvalue weighted by Gasteiger charge is 2.45. The van der Waals surface area contributed by atoms with Gasteiger partial charge in [-0.1, -0.05) is 0 Å². The Kier molecular flexibility index (Phi) is 7.12. The SMILES string of the molecule is CNC(C)c1cc(OC(F)(F)F)c(OC(F)(F)F)c(OC(F)(F)F)c1OC(F)(F)F. The molecule has 30 heavy (non-hydrogen) atoms. The third-order valence-electron chi connectivity index (χ3n) is 2.96. The van der Waals surface area contributed by atoms with E-state index in [1.165, 1.54) is 0 Å². The summed E-state index contributed by atoms with van der Waals surface area (Å²) in [5.74, 6) is -9.08. The predicted octanol–water partition coefficient (Wildman–Crippen LogP) is 5.56. The van der Waals surface area contributed by atoms with E-state index in [1.54, 1.807) is 0 Å². The Morgan fingerprint density at radius 1 is 0.633 bits per heavy atom. The van der Waals surface area contributed by atoms with Crippen molar-refractivity contribution >= 4 is 0 Å². The molecule has 1 unspecified atom stereocenters. The number of hydrogen-bond donors (Lipinski definition) is 1. The Morgan fingerprint density at radius 2 is 1.00 bits per heavy atom. The monoisotopic (exact) mass is 471 g/mol. The van der Waals surface area contributed by atoms with Crippen LogP contribution in [0.4, 0.5) is 52.7 Å². The molecule has 0 heterocycles. The lowest BCUT2D eigenvalue weighted by Crippen LogP contribution is -2.27. The van der Waals surface area contributed by atoms with E-state index in [2.05, 4.69) is 24.3 Å². The van der Waals surface area contributed by atoms with Gasteiger partial charge in [-0.15, -0.1) is 52.7 Å². The van der Waals surface area contributed by atoms with Crippen molar-refractivity contribution in [1.29, 1.82) is 0 Å². The van der Waals surface area contributed by atoms with Crippen LogP contribution in [0.2, 0.25) is 0 Å². The first-order chi connectivity index (χ1) is 13.2. The number of hydrogen-bond acceptors (Lipinski definition) is 5. The fraction of sp³-hybridized carbons (Fsp3) is 0.538. The zero-order chi connectivity index (χ0) is 23.7. The topological polar surface area (TPSA) is 49.0 Å². The van der Waals surface area contributed by atoms with E-state index in [1.807, 2.05) is 0 Å². The maximum absolute atomic E-state index is 12.7. The lowest BCUT2D eigenvalue weighted by Gasteiger charge is -2.25. The molecule has 0 aliphatic rings. The Hall–Kier alpha value is -2.46. The van der Waals surface area contributed by atoms with Crippen LogP contribution in [0.1, 0.15) is 18.5 Å². The second kappa shape index (κ2) is 8.35. The van der Waals surface area contributed by atoms with Crippen molar-refractivity contribution in [2.75, 3.05) is 7.05 Å². The summed E-state index contributed by atoms with van der Waals surface area (Å²) >= 11 is 0. The second-order valence-electron chi connectivity index (χ2n) is 5.15. The zero-order valence-corrected chi connectivity index (χ0v) is 14.3. The lowest BCUT2D eigenvalue weighted by atomic mass is 10.1. The summed E-state index contributed by atoms with van der Waals surface area (Å²) in [6.07, 6.45) is -23.5. The lowest BCUT2D eigenvalue weighted by molar-refractivity contribution is -0.297. The van der Waals surface area contributed by atoms with Gasteiger partial charge < -0.3 is 24.3 Å². The first-order valence-electron chi connectivity index (χ1n) is 7.13. The Labute approximate surface area is 158 Å². The number of benzene rings is 1. The molecule has 17 heteroatoms. The van der Waals surface area contributed by atoms with Gasteiger partial charge in [0, 0.05) is 11.6 Å². The van der Waals surface area contributed by atoms with E-state index >= 15 is 0 Å². The molecule has 0 saturated heterocycles. The van der Waals surface area contributed by atoms with Gasteiger partial charge in [0.05, 0.1) is 0 Å². The summed E-state index contributed by atoms with van der Waals surface area (Å²) in [6.45, 7) is 0.942. The summed E-state index contributed by atoms with van der Waals surface area (Å²) < 4.78 is 164. The average molecular weight is 471 g/mol. The third-order valence-corrected chi connectivity index (χ3v) is 2.96. The Bertz CT molecular complexity index is 738. The fourth-order valence-corrected chi connectivity index (χ4v) is 1.94. The first-order valence-corrected chi connectivity index (χ1v) is 7.13. The smallest absolute Gasteiger partial charge is 0.402 e. The molecule has 1 atom stereocenters. The van der Waals surface area contributed by atoms with Crippen molar-refractivity contribution in [2.24, 2.45) is 0 Å². The fourth-order valence-electron chi connectivity index (χ4n) is 1.94. The molecule has 1 rings (SSSR count). The minimum absolute atomic E-state index is 0.0694. The summed E-state index contributed by atoms with van der Waals surface area (Å²) in [5.41, 5.74) is -1.12. The van der Waals surface area contributed by atoms with Crippen LogP contribution in [0.25, 0.3) is 0 Å². The Balaban J connectivity index is 4.00. The molecule has 1 aromatic carbocycles. The predicted molar refractivity (Wildman–Crippen MR) is 70.6 cm³/mol. The minimum atomic E-state index is -5.97.